The average molecular weight is 210 g/mol. The minimum atomic E-state index is -1.66. The summed E-state index contributed by atoms with van der Waals surface area (Å²) in [5.74, 6) is 0. The normalized spacial score (nSPS) is 15.6. The van der Waals surface area contributed by atoms with E-state index < -0.39 is 10.5 Å². The monoisotopic (exact) mass is 209 g/mol. The Kier molecular flexibility index (Phi) is 2.84. The molecule has 0 saturated carbocycles. The fraction of sp³-hybridized carbons (Fsp3) is 0.364. The predicted molar refractivity (Wildman–Crippen MR) is 55.9 cm³/mol. The Morgan fingerprint density at radius 3 is 2.14 bits per heavy atom. The Morgan fingerprint density at radius 2 is 1.79 bits per heavy atom. The number of halogens is 1. The van der Waals surface area contributed by atoms with Crippen molar-refractivity contribution in [2.24, 2.45) is 0 Å². The van der Waals surface area contributed by atoms with Gasteiger partial charge in [0.15, 0.2) is 5.60 Å². The number of nitriles is 1. The van der Waals surface area contributed by atoms with Gasteiger partial charge < -0.3 is 5.11 Å². The van der Waals surface area contributed by atoms with Crippen LogP contribution in [-0.2, 0) is 5.60 Å². The Bertz CT molecular complexity index is 350. The molecule has 0 unspecified atom stereocenters. The van der Waals surface area contributed by atoms with Gasteiger partial charge >= 0.3 is 0 Å². The molecule has 1 aromatic carbocycles. The number of hydrogen-bond donors (Lipinski definition) is 1. The van der Waals surface area contributed by atoms with Crippen LogP contribution in [-0.4, -0.2) is 9.98 Å². The molecular formula is C11H12ClNO. The lowest BCUT2D eigenvalue weighted by atomic mass is 9.84. The second-order valence-electron chi connectivity index (χ2n) is 3.66. The zero-order valence-corrected chi connectivity index (χ0v) is 8.92. The first kappa shape index (κ1) is 11.0. The van der Waals surface area contributed by atoms with Gasteiger partial charge in [-0.1, -0.05) is 30.3 Å². The summed E-state index contributed by atoms with van der Waals surface area (Å²) >= 11 is 6.00. The molecule has 0 aliphatic heterocycles. The molecule has 0 bridgehead atoms. The SMILES string of the molecule is CC(C)(Cl)[C@@](O)(C#N)c1ccccc1. The highest BCUT2D eigenvalue weighted by Gasteiger charge is 2.44. The molecule has 0 aromatic heterocycles. The van der Waals surface area contributed by atoms with Gasteiger partial charge in [-0.15, -0.1) is 11.6 Å². The fourth-order valence-corrected chi connectivity index (χ4v) is 1.37. The highest BCUT2D eigenvalue weighted by molar-refractivity contribution is 6.24. The van der Waals surface area contributed by atoms with Crippen molar-refractivity contribution >= 4 is 11.6 Å². The van der Waals surface area contributed by atoms with Crippen LogP contribution in [0.5, 0.6) is 0 Å². The highest BCUT2D eigenvalue weighted by Crippen LogP contribution is 2.36. The first-order chi connectivity index (χ1) is 6.42. The Hall–Kier alpha value is -1.04. The van der Waals surface area contributed by atoms with Crippen molar-refractivity contribution in [1.82, 2.24) is 0 Å². The molecule has 0 radical (unpaired) electrons. The third kappa shape index (κ3) is 1.75. The topological polar surface area (TPSA) is 44.0 Å². The third-order valence-corrected chi connectivity index (χ3v) is 2.49. The lowest BCUT2D eigenvalue weighted by Crippen LogP contribution is -2.42. The molecule has 74 valence electrons. The maximum absolute atomic E-state index is 10.1. The van der Waals surface area contributed by atoms with E-state index in [0.29, 0.717) is 5.56 Å². The molecular weight excluding hydrogens is 198 g/mol. The van der Waals surface area contributed by atoms with E-state index >= 15 is 0 Å². The zero-order chi connectivity index (χ0) is 10.8. The van der Waals surface area contributed by atoms with E-state index in [4.69, 9.17) is 16.9 Å². The van der Waals surface area contributed by atoms with Gasteiger partial charge in [0.2, 0.25) is 0 Å². The maximum atomic E-state index is 10.1. The largest absolute Gasteiger partial charge is 0.370 e. The smallest absolute Gasteiger partial charge is 0.195 e. The summed E-state index contributed by atoms with van der Waals surface area (Å²) in [6.07, 6.45) is 0. The second-order valence-corrected chi connectivity index (χ2v) is 4.61. The zero-order valence-electron chi connectivity index (χ0n) is 8.16. The van der Waals surface area contributed by atoms with Crippen LogP contribution in [0.2, 0.25) is 0 Å². The molecule has 1 N–H and O–H groups in total. The van der Waals surface area contributed by atoms with Gasteiger partial charge in [-0.05, 0) is 19.4 Å². The highest BCUT2D eigenvalue weighted by atomic mass is 35.5. The molecule has 0 fully saturated rings. The molecule has 3 heteroatoms. The van der Waals surface area contributed by atoms with Crippen LogP contribution in [0.1, 0.15) is 19.4 Å². The van der Waals surface area contributed by atoms with E-state index in [0.717, 1.165) is 0 Å². The summed E-state index contributed by atoms with van der Waals surface area (Å²) in [6.45, 7) is 3.23. The van der Waals surface area contributed by atoms with E-state index in [-0.39, 0.29) is 0 Å². The van der Waals surface area contributed by atoms with Crippen LogP contribution in [0.4, 0.5) is 0 Å². The molecule has 2 nitrogen and oxygen atoms in total. The van der Waals surface area contributed by atoms with E-state index in [9.17, 15) is 5.11 Å². The van der Waals surface area contributed by atoms with Gasteiger partial charge in [-0.25, -0.2) is 0 Å². The van der Waals surface area contributed by atoms with Gasteiger partial charge in [0.1, 0.15) is 6.07 Å². The first-order valence-corrected chi connectivity index (χ1v) is 4.67. The van der Waals surface area contributed by atoms with Crippen molar-refractivity contribution in [2.75, 3.05) is 0 Å². The minimum absolute atomic E-state index is 0.516. The molecule has 0 saturated heterocycles. The van der Waals surface area contributed by atoms with Crippen molar-refractivity contribution in [2.45, 2.75) is 24.3 Å². The minimum Gasteiger partial charge on any atom is -0.370 e. The Morgan fingerprint density at radius 1 is 1.29 bits per heavy atom. The standard InChI is InChI=1S/C11H12ClNO/c1-10(2,12)11(14,8-13)9-6-4-3-5-7-9/h3-7,14H,1-2H3/t11-/m1/s1. The summed E-state index contributed by atoms with van der Waals surface area (Å²) in [6, 6.07) is 10.6. The van der Waals surface area contributed by atoms with Crippen LogP contribution in [0, 0.1) is 11.3 Å². The summed E-state index contributed by atoms with van der Waals surface area (Å²) in [5.41, 5.74) is -1.14. The van der Waals surface area contributed by atoms with Gasteiger partial charge in [0.05, 0.1) is 4.87 Å². The summed E-state index contributed by atoms with van der Waals surface area (Å²) in [4.78, 5) is -1.02. The average Bonchev–Trinajstić information content (AvgIpc) is 2.16. The van der Waals surface area contributed by atoms with Crippen LogP contribution >= 0.6 is 11.6 Å². The van der Waals surface area contributed by atoms with Crippen molar-refractivity contribution < 1.29 is 5.11 Å². The van der Waals surface area contributed by atoms with Crippen molar-refractivity contribution in [3.8, 4) is 6.07 Å². The van der Waals surface area contributed by atoms with Gasteiger partial charge in [0, 0.05) is 0 Å². The summed E-state index contributed by atoms with van der Waals surface area (Å²) in [5, 5.41) is 19.1. The molecule has 0 spiro atoms. The molecule has 1 rings (SSSR count). The van der Waals surface area contributed by atoms with Gasteiger partial charge in [-0.3, -0.25) is 0 Å². The third-order valence-electron chi connectivity index (χ3n) is 2.21. The van der Waals surface area contributed by atoms with E-state index in [2.05, 4.69) is 0 Å². The Labute approximate surface area is 88.7 Å². The number of aliphatic hydroxyl groups is 1. The Balaban J connectivity index is 3.25. The molecule has 0 aliphatic rings. The second kappa shape index (κ2) is 3.61. The lowest BCUT2D eigenvalue weighted by molar-refractivity contribution is 0.0620. The van der Waals surface area contributed by atoms with Crippen LogP contribution in [0.15, 0.2) is 30.3 Å². The van der Waals surface area contributed by atoms with Gasteiger partial charge in [0.25, 0.3) is 0 Å². The molecule has 0 heterocycles. The van der Waals surface area contributed by atoms with Crippen LogP contribution < -0.4 is 0 Å². The van der Waals surface area contributed by atoms with Crippen molar-refractivity contribution in [1.29, 1.82) is 5.26 Å². The maximum Gasteiger partial charge on any atom is 0.195 e. The molecule has 1 atom stereocenters. The molecule has 0 aliphatic carbocycles. The summed E-state index contributed by atoms with van der Waals surface area (Å²) < 4.78 is 0. The summed E-state index contributed by atoms with van der Waals surface area (Å²) in [7, 11) is 0. The number of benzene rings is 1. The molecule has 14 heavy (non-hydrogen) atoms. The fourth-order valence-electron chi connectivity index (χ4n) is 1.22. The van der Waals surface area contributed by atoms with E-state index in [1.54, 1.807) is 38.1 Å². The van der Waals surface area contributed by atoms with Crippen LogP contribution in [0.3, 0.4) is 0 Å². The number of nitrogens with zero attached hydrogens (tertiary/aromatic N) is 1. The van der Waals surface area contributed by atoms with Crippen molar-refractivity contribution in [3.05, 3.63) is 35.9 Å². The first-order valence-electron chi connectivity index (χ1n) is 4.30. The number of rotatable bonds is 2. The van der Waals surface area contributed by atoms with E-state index in [1.165, 1.54) is 0 Å². The molecule has 0 amide bonds. The predicted octanol–water partition coefficient (Wildman–Crippen LogP) is 2.42. The van der Waals surface area contributed by atoms with Crippen molar-refractivity contribution in [3.63, 3.8) is 0 Å². The van der Waals surface area contributed by atoms with Gasteiger partial charge in [-0.2, -0.15) is 5.26 Å². The lowest BCUT2D eigenvalue weighted by Gasteiger charge is -2.32. The van der Waals surface area contributed by atoms with Crippen LogP contribution in [0.25, 0.3) is 0 Å². The number of alkyl halides is 1. The molecule has 1 aromatic rings. The van der Waals surface area contributed by atoms with E-state index in [1.807, 2.05) is 12.1 Å². The quantitative estimate of drug-likeness (QED) is 0.601. The number of hydrogen-bond acceptors (Lipinski definition) is 2.